The maximum absolute atomic E-state index is 12.8. The summed E-state index contributed by atoms with van der Waals surface area (Å²) < 4.78 is 12.8. The van der Waals surface area contributed by atoms with Crippen molar-refractivity contribution in [3.63, 3.8) is 0 Å². The van der Waals surface area contributed by atoms with Crippen molar-refractivity contribution < 1.29 is 14.0 Å². The molecule has 0 spiro atoms. The lowest BCUT2D eigenvalue weighted by Gasteiger charge is -2.33. The van der Waals surface area contributed by atoms with Gasteiger partial charge in [0.25, 0.3) is 5.91 Å². The first-order valence-corrected chi connectivity index (χ1v) is 6.91. The SMILES string of the molecule is CC1CCCCN1C(=O)CNC(=O)c1ccc(F)cc1. The summed E-state index contributed by atoms with van der Waals surface area (Å²) in [7, 11) is 0. The van der Waals surface area contributed by atoms with Crippen LogP contribution in [0.1, 0.15) is 36.5 Å². The third-order valence-corrected chi connectivity index (χ3v) is 3.63. The zero-order valence-corrected chi connectivity index (χ0v) is 11.6. The zero-order chi connectivity index (χ0) is 14.5. The second-order valence-corrected chi connectivity index (χ2v) is 5.12. The minimum Gasteiger partial charge on any atom is -0.343 e. The molecule has 2 amide bonds. The molecule has 1 heterocycles. The fraction of sp³-hybridized carbons (Fsp3) is 0.467. The van der Waals surface area contributed by atoms with E-state index in [0.29, 0.717) is 5.56 Å². The standard InChI is InChI=1S/C15H19FN2O2/c1-11-4-2-3-9-18(11)14(19)10-17-15(20)12-5-7-13(16)8-6-12/h5-8,11H,2-4,9-10H2,1H3,(H,17,20). The van der Waals surface area contributed by atoms with Crippen molar-refractivity contribution in [1.82, 2.24) is 10.2 Å². The molecule has 1 fully saturated rings. The molecule has 20 heavy (non-hydrogen) atoms. The molecule has 1 aromatic rings. The second-order valence-electron chi connectivity index (χ2n) is 5.12. The molecule has 1 aromatic carbocycles. The van der Waals surface area contributed by atoms with E-state index in [1.54, 1.807) is 0 Å². The van der Waals surface area contributed by atoms with E-state index in [0.717, 1.165) is 25.8 Å². The van der Waals surface area contributed by atoms with Crippen LogP contribution in [0.3, 0.4) is 0 Å². The summed E-state index contributed by atoms with van der Waals surface area (Å²) in [5.74, 6) is -0.810. The Morgan fingerprint density at radius 3 is 2.65 bits per heavy atom. The van der Waals surface area contributed by atoms with E-state index in [4.69, 9.17) is 0 Å². The van der Waals surface area contributed by atoms with Gasteiger partial charge in [0.15, 0.2) is 0 Å². The lowest BCUT2D eigenvalue weighted by Crippen LogP contribution is -2.46. The van der Waals surface area contributed by atoms with E-state index in [1.807, 2.05) is 11.8 Å². The van der Waals surface area contributed by atoms with Gasteiger partial charge in [-0.1, -0.05) is 0 Å². The number of likely N-dealkylation sites (tertiary alicyclic amines) is 1. The fourth-order valence-electron chi connectivity index (χ4n) is 2.43. The average molecular weight is 278 g/mol. The Morgan fingerprint density at radius 2 is 2.00 bits per heavy atom. The Hall–Kier alpha value is -1.91. The number of hydrogen-bond donors (Lipinski definition) is 1. The van der Waals surface area contributed by atoms with Crippen LogP contribution in [-0.4, -0.2) is 35.8 Å². The Morgan fingerprint density at radius 1 is 1.30 bits per heavy atom. The van der Waals surface area contributed by atoms with Gasteiger partial charge in [-0.2, -0.15) is 0 Å². The number of halogens is 1. The predicted molar refractivity (Wildman–Crippen MR) is 73.8 cm³/mol. The van der Waals surface area contributed by atoms with Crippen LogP contribution in [0.25, 0.3) is 0 Å². The lowest BCUT2D eigenvalue weighted by atomic mass is 10.0. The van der Waals surface area contributed by atoms with Gasteiger partial charge in [0, 0.05) is 18.2 Å². The Balaban J connectivity index is 1.86. The van der Waals surface area contributed by atoms with Gasteiger partial charge >= 0.3 is 0 Å². The maximum atomic E-state index is 12.8. The number of piperidine rings is 1. The van der Waals surface area contributed by atoms with Crippen molar-refractivity contribution >= 4 is 11.8 Å². The van der Waals surface area contributed by atoms with E-state index in [2.05, 4.69) is 5.32 Å². The van der Waals surface area contributed by atoms with E-state index in [1.165, 1.54) is 24.3 Å². The van der Waals surface area contributed by atoms with Crippen molar-refractivity contribution in [3.8, 4) is 0 Å². The highest BCUT2D eigenvalue weighted by Gasteiger charge is 2.23. The van der Waals surface area contributed by atoms with Crippen LogP contribution < -0.4 is 5.32 Å². The summed E-state index contributed by atoms with van der Waals surface area (Å²) in [5.41, 5.74) is 0.353. The van der Waals surface area contributed by atoms with Crippen LogP contribution in [0.5, 0.6) is 0 Å². The Kier molecular flexibility index (Phi) is 4.71. The molecule has 1 N–H and O–H groups in total. The van der Waals surface area contributed by atoms with E-state index in [-0.39, 0.29) is 30.2 Å². The fourth-order valence-corrected chi connectivity index (χ4v) is 2.43. The molecule has 0 bridgehead atoms. The Bertz CT molecular complexity index is 487. The highest BCUT2D eigenvalue weighted by molar-refractivity contribution is 5.96. The van der Waals surface area contributed by atoms with Gasteiger partial charge in [-0.3, -0.25) is 9.59 Å². The van der Waals surface area contributed by atoms with Crippen LogP contribution in [0.15, 0.2) is 24.3 Å². The summed E-state index contributed by atoms with van der Waals surface area (Å²) in [6.07, 6.45) is 3.17. The molecule has 1 unspecified atom stereocenters. The van der Waals surface area contributed by atoms with Gasteiger partial charge < -0.3 is 10.2 Å². The number of nitrogens with zero attached hydrogens (tertiary/aromatic N) is 1. The molecular weight excluding hydrogens is 259 g/mol. The van der Waals surface area contributed by atoms with Gasteiger partial charge in [-0.05, 0) is 50.5 Å². The molecule has 0 aromatic heterocycles. The smallest absolute Gasteiger partial charge is 0.251 e. The largest absolute Gasteiger partial charge is 0.343 e. The number of hydrogen-bond acceptors (Lipinski definition) is 2. The minimum absolute atomic E-state index is 0.0133. The summed E-state index contributed by atoms with van der Waals surface area (Å²) in [4.78, 5) is 25.7. The molecule has 5 heteroatoms. The number of benzene rings is 1. The second kappa shape index (κ2) is 6.50. The Labute approximate surface area is 118 Å². The maximum Gasteiger partial charge on any atom is 0.251 e. The lowest BCUT2D eigenvalue weighted by molar-refractivity contribution is -0.133. The number of carbonyl (C=O) groups is 2. The molecular formula is C15H19FN2O2. The van der Waals surface area contributed by atoms with Crippen molar-refractivity contribution in [1.29, 1.82) is 0 Å². The predicted octanol–water partition coefficient (Wildman–Crippen LogP) is 1.96. The summed E-state index contributed by atoms with van der Waals surface area (Å²) >= 11 is 0. The molecule has 0 radical (unpaired) electrons. The number of carbonyl (C=O) groups excluding carboxylic acids is 2. The van der Waals surface area contributed by atoms with Gasteiger partial charge in [0.2, 0.25) is 5.91 Å². The highest BCUT2D eigenvalue weighted by atomic mass is 19.1. The number of nitrogens with one attached hydrogen (secondary N) is 1. The van der Waals surface area contributed by atoms with E-state index < -0.39 is 0 Å². The summed E-state index contributed by atoms with van der Waals surface area (Å²) in [6.45, 7) is 2.77. The molecule has 1 saturated heterocycles. The molecule has 0 aliphatic carbocycles. The van der Waals surface area contributed by atoms with E-state index >= 15 is 0 Å². The van der Waals surface area contributed by atoms with Crippen LogP contribution in [-0.2, 0) is 4.79 Å². The van der Waals surface area contributed by atoms with Crippen LogP contribution in [0.4, 0.5) is 4.39 Å². The molecule has 4 nitrogen and oxygen atoms in total. The minimum atomic E-state index is -0.389. The summed E-state index contributed by atoms with van der Waals surface area (Å²) in [6, 6.07) is 5.49. The van der Waals surface area contributed by atoms with Gasteiger partial charge in [-0.15, -0.1) is 0 Å². The van der Waals surface area contributed by atoms with Crippen molar-refractivity contribution in [2.75, 3.05) is 13.1 Å². The molecule has 1 aliphatic rings. The van der Waals surface area contributed by atoms with Crippen LogP contribution in [0, 0.1) is 5.82 Å². The highest BCUT2D eigenvalue weighted by Crippen LogP contribution is 2.16. The molecule has 108 valence electrons. The molecule has 2 rings (SSSR count). The third-order valence-electron chi connectivity index (χ3n) is 3.63. The van der Waals surface area contributed by atoms with E-state index in [9.17, 15) is 14.0 Å². The quantitative estimate of drug-likeness (QED) is 0.919. The van der Waals surface area contributed by atoms with Crippen LogP contribution >= 0.6 is 0 Å². The molecule has 0 saturated carbocycles. The molecule has 1 aliphatic heterocycles. The van der Waals surface area contributed by atoms with Gasteiger partial charge in [0.1, 0.15) is 5.82 Å². The van der Waals surface area contributed by atoms with Crippen molar-refractivity contribution in [2.45, 2.75) is 32.2 Å². The third kappa shape index (κ3) is 3.56. The zero-order valence-electron chi connectivity index (χ0n) is 11.6. The topological polar surface area (TPSA) is 49.4 Å². The van der Waals surface area contributed by atoms with Gasteiger partial charge in [0.05, 0.1) is 6.54 Å². The first-order chi connectivity index (χ1) is 9.58. The first-order valence-electron chi connectivity index (χ1n) is 6.91. The van der Waals surface area contributed by atoms with Crippen molar-refractivity contribution in [3.05, 3.63) is 35.6 Å². The summed E-state index contributed by atoms with van der Waals surface area (Å²) in [5, 5.41) is 2.58. The first kappa shape index (κ1) is 14.5. The average Bonchev–Trinajstić information content (AvgIpc) is 2.45. The normalized spacial score (nSPS) is 18.7. The van der Waals surface area contributed by atoms with Crippen LogP contribution in [0.2, 0.25) is 0 Å². The van der Waals surface area contributed by atoms with Crippen molar-refractivity contribution in [2.24, 2.45) is 0 Å². The monoisotopic (exact) mass is 278 g/mol. The number of rotatable bonds is 3. The van der Waals surface area contributed by atoms with Gasteiger partial charge in [-0.25, -0.2) is 4.39 Å². The number of amides is 2. The molecule has 1 atom stereocenters.